The molecule has 0 aromatic carbocycles. The van der Waals surface area contributed by atoms with E-state index in [1.165, 1.54) is 12.1 Å². The standard InChI is InChI=1S/C5H3F2N3O/c6-5(7)3-11-10-4(1-8)2-9/h5H,3H2. The molecule has 0 N–H and O–H groups in total. The predicted molar refractivity (Wildman–Crippen MR) is 30.6 cm³/mol. The highest BCUT2D eigenvalue weighted by atomic mass is 19.3. The highest BCUT2D eigenvalue weighted by molar-refractivity contribution is 6.09. The smallest absolute Gasteiger partial charge is 0.274 e. The average Bonchev–Trinajstić information content (AvgIpc) is 1.98. The van der Waals surface area contributed by atoms with Gasteiger partial charge in [-0.25, -0.2) is 8.78 Å². The second-order valence-corrected chi connectivity index (χ2v) is 1.35. The van der Waals surface area contributed by atoms with Gasteiger partial charge >= 0.3 is 0 Å². The van der Waals surface area contributed by atoms with E-state index in [4.69, 9.17) is 10.5 Å². The molecule has 0 unspecified atom stereocenters. The molecule has 0 amide bonds. The molecular formula is C5H3F2N3O. The van der Waals surface area contributed by atoms with Crippen LogP contribution < -0.4 is 0 Å². The summed E-state index contributed by atoms with van der Waals surface area (Å²) in [6.45, 7) is -0.910. The Bertz CT molecular complexity index is 209. The van der Waals surface area contributed by atoms with E-state index in [9.17, 15) is 8.78 Å². The molecule has 0 rings (SSSR count). The summed E-state index contributed by atoms with van der Waals surface area (Å²) in [4.78, 5) is 3.93. The molecule has 0 atom stereocenters. The van der Waals surface area contributed by atoms with E-state index in [1.807, 2.05) is 0 Å². The zero-order chi connectivity index (χ0) is 8.69. The van der Waals surface area contributed by atoms with Gasteiger partial charge in [-0.3, -0.25) is 0 Å². The normalized spacial score (nSPS) is 8.09. The van der Waals surface area contributed by atoms with Crippen LogP contribution in [-0.2, 0) is 4.84 Å². The zero-order valence-electron chi connectivity index (χ0n) is 5.29. The summed E-state index contributed by atoms with van der Waals surface area (Å²) in [5.74, 6) is 0. The van der Waals surface area contributed by atoms with Crippen molar-refractivity contribution < 1.29 is 13.6 Å². The topological polar surface area (TPSA) is 69.2 Å². The summed E-state index contributed by atoms with van der Waals surface area (Å²) < 4.78 is 22.7. The summed E-state index contributed by atoms with van der Waals surface area (Å²) in [6, 6.07) is 2.69. The van der Waals surface area contributed by atoms with Crippen molar-refractivity contribution in [3.8, 4) is 12.1 Å². The maximum absolute atomic E-state index is 11.3. The maximum atomic E-state index is 11.3. The largest absolute Gasteiger partial charge is 0.388 e. The minimum Gasteiger partial charge on any atom is -0.388 e. The van der Waals surface area contributed by atoms with Gasteiger partial charge in [0.05, 0.1) is 0 Å². The van der Waals surface area contributed by atoms with Crippen LogP contribution in [0.4, 0.5) is 8.78 Å². The minimum absolute atomic E-state index is 0.578. The van der Waals surface area contributed by atoms with E-state index in [0.29, 0.717) is 0 Å². The number of rotatable bonds is 3. The molecule has 0 aliphatic carbocycles. The number of oxime groups is 1. The number of alkyl halides is 2. The third kappa shape index (κ3) is 4.79. The van der Waals surface area contributed by atoms with Gasteiger partial charge in [-0.2, -0.15) is 10.5 Å². The second-order valence-electron chi connectivity index (χ2n) is 1.35. The van der Waals surface area contributed by atoms with Crippen molar-refractivity contribution in [3.63, 3.8) is 0 Å². The van der Waals surface area contributed by atoms with Crippen molar-refractivity contribution in [1.29, 1.82) is 10.5 Å². The molecule has 0 fully saturated rings. The highest BCUT2D eigenvalue weighted by Crippen LogP contribution is 1.92. The van der Waals surface area contributed by atoms with Crippen molar-refractivity contribution in [2.24, 2.45) is 5.16 Å². The van der Waals surface area contributed by atoms with Gasteiger partial charge in [-0.1, -0.05) is 5.16 Å². The van der Waals surface area contributed by atoms with E-state index in [-0.39, 0.29) is 0 Å². The monoisotopic (exact) mass is 159 g/mol. The first-order valence-electron chi connectivity index (χ1n) is 2.49. The number of hydrogen-bond acceptors (Lipinski definition) is 4. The van der Waals surface area contributed by atoms with Crippen LogP contribution in [0.15, 0.2) is 5.16 Å². The maximum Gasteiger partial charge on any atom is 0.274 e. The first kappa shape index (κ1) is 9.31. The zero-order valence-corrected chi connectivity index (χ0v) is 5.29. The number of halogens is 2. The molecule has 11 heavy (non-hydrogen) atoms. The fourth-order valence-electron chi connectivity index (χ4n) is 0.224. The molecule has 4 nitrogen and oxygen atoms in total. The highest BCUT2D eigenvalue weighted by Gasteiger charge is 2.01. The van der Waals surface area contributed by atoms with Crippen LogP contribution in [0.25, 0.3) is 0 Å². The molecule has 0 saturated heterocycles. The summed E-state index contributed by atoms with van der Waals surface area (Å²) in [6.07, 6.45) is -2.66. The lowest BCUT2D eigenvalue weighted by atomic mass is 10.5. The van der Waals surface area contributed by atoms with Crippen molar-refractivity contribution >= 4 is 5.71 Å². The van der Waals surface area contributed by atoms with Gasteiger partial charge in [0.1, 0.15) is 12.1 Å². The number of nitrogens with zero attached hydrogens (tertiary/aromatic N) is 3. The van der Waals surface area contributed by atoms with Crippen molar-refractivity contribution in [2.75, 3.05) is 6.61 Å². The summed E-state index contributed by atoms with van der Waals surface area (Å²) in [5, 5.41) is 18.9. The van der Waals surface area contributed by atoms with Crippen LogP contribution in [0.3, 0.4) is 0 Å². The van der Waals surface area contributed by atoms with Crippen LogP contribution in [0.5, 0.6) is 0 Å². The summed E-state index contributed by atoms with van der Waals surface area (Å²) >= 11 is 0. The lowest BCUT2D eigenvalue weighted by Crippen LogP contribution is -2.01. The van der Waals surface area contributed by atoms with Crippen LogP contribution in [0.1, 0.15) is 0 Å². The number of hydrogen-bond donors (Lipinski definition) is 0. The van der Waals surface area contributed by atoms with E-state index >= 15 is 0 Å². The van der Waals surface area contributed by atoms with Crippen LogP contribution >= 0.6 is 0 Å². The van der Waals surface area contributed by atoms with Gasteiger partial charge in [0.25, 0.3) is 12.1 Å². The van der Waals surface area contributed by atoms with E-state index < -0.39 is 18.7 Å². The molecule has 0 aliphatic heterocycles. The Morgan fingerprint density at radius 2 is 2.00 bits per heavy atom. The van der Waals surface area contributed by atoms with Crippen LogP contribution in [0.2, 0.25) is 0 Å². The fraction of sp³-hybridized carbons (Fsp3) is 0.400. The fourth-order valence-corrected chi connectivity index (χ4v) is 0.224. The summed E-state index contributed by atoms with van der Waals surface area (Å²) in [5.41, 5.74) is -0.578. The predicted octanol–water partition coefficient (Wildman–Crippen LogP) is 0.671. The van der Waals surface area contributed by atoms with Crippen LogP contribution in [0, 0.1) is 22.7 Å². The average molecular weight is 159 g/mol. The van der Waals surface area contributed by atoms with Crippen LogP contribution in [-0.4, -0.2) is 18.7 Å². The molecule has 0 saturated carbocycles. The van der Waals surface area contributed by atoms with Gasteiger partial charge in [0, 0.05) is 0 Å². The SMILES string of the molecule is N#CC(C#N)=NOCC(F)F. The molecular weight excluding hydrogens is 156 g/mol. The number of nitriles is 2. The first-order chi connectivity index (χ1) is 5.20. The molecule has 0 aliphatic rings. The Hall–Kier alpha value is -1.69. The Morgan fingerprint density at radius 3 is 2.36 bits per heavy atom. The quantitative estimate of drug-likeness (QED) is 0.448. The Kier molecular flexibility index (Phi) is 4.34. The van der Waals surface area contributed by atoms with Gasteiger partial charge in [0.15, 0.2) is 6.61 Å². The molecule has 6 heteroatoms. The second kappa shape index (κ2) is 5.12. The lowest BCUT2D eigenvalue weighted by molar-refractivity contribution is 0.0206. The molecule has 0 heterocycles. The lowest BCUT2D eigenvalue weighted by Gasteiger charge is -1.94. The molecule has 0 radical (unpaired) electrons. The van der Waals surface area contributed by atoms with Gasteiger partial charge in [-0.05, 0) is 0 Å². The molecule has 0 bridgehead atoms. The van der Waals surface area contributed by atoms with Crippen molar-refractivity contribution in [3.05, 3.63) is 0 Å². The minimum atomic E-state index is -2.66. The van der Waals surface area contributed by atoms with E-state index in [1.54, 1.807) is 0 Å². The Labute approximate surface area is 61.3 Å². The molecule has 0 spiro atoms. The third-order valence-corrected chi connectivity index (χ3v) is 0.568. The van der Waals surface area contributed by atoms with Crippen molar-refractivity contribution in [1.82, 2.24) is 0 Å². The van der Waals surface area contributed by atoms with Crippen molar-refractivity contribution in [2.45, 2.75) is 6.43 Å². The summed E-state index contributed by atoms with van der Waals surface area (Å²) in [7, 11) is 0. The molecule has 0 aromatic rings. The Balaban J connectivity index is 3.76. The Morgan fingerprint density at radius 1 is 1.45 bits per heavy atom. The van der Waals surface area contributed by atoms with Gasteiger partial charge in [-0.15, -0.1) is 0 Å². The third-order valence-electron chi connectivity index (χ3n) is 0.568. The van der Waals surface area contributed by atoms with E-state index in [2.05, 4.69) is 9.99 Å². The molecule has 58 valence electrons. The van der Waals surface area contributed by atoms with Gasteiger partial charge < -0.3 is 4.84 Å². The molecule has 0 aromatic heterocycles. The first-order valence-corrected chi connectivity index (χ1v) is 2.49. The van der Waals surface area contributed by atoms with E-state index in [0.717, 1.165) is 0 Å². The van der Waals surface area contributed by atoms with Gasteiger partial charge in [0.2, 0.25) is 0 Å².